The monoisotopic (exact) mass is 210 g/mol. The van der Waals surface area contributed by atoms with Crippen molar-refractivity contribution >= 4 is 5.78 Å². The highest BCUT2D eigenvalue weighted by Crippen LogP contribution is 2.20. The van der Waals surface area contributed by atoms with Gasteiger partial charge >= 0.3 is 0 Å². The average Bonchev–Trinajstić information content (AvgIpc) is 2.23. The van der Waals surface area contributed by atoms with Crippen LogP contribution in [-0.4, -0.2) is 5.78 Å². The first-order chi connectivity index (χ1) is 7.34. The average molecular weight is 210 g/mol. The van der Waals surface area contributed by atoms with E-state index in [9.17, 15) is 4.79 Å². The molecule has 1 aliphatic carbocycles. The highest BCUT2D eigenvalue weighted by atomic mass is 16.1. The predicted octanol–water partition coefficient (Wildman–Crippen LogP) is 4.50. The molecule has 0 N–H and O–H groups in total. The van der Waals surface area contributed by atoms with E-state index < -0.39 is 0 Å². The van der Waals surface area contributed by atoms with Crippen LogP contribution in [0.25, 0.3) is 0 Å². The van der Waals surface area contributed by atoms with Gasteiger partial charge in [0.2, 0.25) is 0 Å². The lowest BCUT2D eigenvalue weighted by Crippen LogP contribution is -2.13. The first kappa shape index (κ1) is 12.7. The van der Waals surface area contributed by atoms with Gasteiger partial charge in [-0.1, -0.05) is 51.9 Å². The van der Waals surface area contributed by atoms with Crippen LogP contribution in [0.4, 0.5) is 0 Å². The van der Waals surface area contributed by atoms with Gasteiger partial charge in [-0.2, -0.15) is 0 Å². The van der Waals surface area contributed by atoms with Crippen molar-refractivity contribution in [1.29, 1.82) is 0 Å². The lowest BCUT2D eigenvalue weighted by atomic mass is 9.90. The van der Waals surface area contributed by atoms with Crippen LogP contribution >= 0.6 is 0 Å². The molecular formula is C14H26O. The van der Waals surface area contributed by atoms with Crippen molar-refractivity contribution in [1.82, 2.24) is 0 Å². The summed E-state index contributed by atoms with van der Waals surface area (Å²) >= 11 is 0. The van der Waals surface area contributed by atoms with E-state index in [0.29, 0.717) is 11.7 Å². The smallest absolute Gasteiger partial charge is 0.135 e. The Labute approximate surface area is 94.6 Å². The molecule has 0 saturated heterocycles. The Balaban J connectivity index is 2.34. The minimum absolute atomic E-state index is 0.379. The molecule has 1 unspecified atom stereocenters. The van der Waals surface area contributed by atoms with E-state index in [4.69, 9.17) is 0 Å². The van der Waals surface area contributed by atoms with E-state index in [-0.39, 0.29) is 0 Å². The third-order valence-corrected chi connectivity index (χ3v) is 3.67. The molecule has 1 saturated carbocycles. The van der Waals surface area contributed by atoms with Gasteiger partial charge in [0.1, 0.15) is 5.78 Å². The summed E-state index contributed by atoms with van der Waals surface area (Å²) in [7, 11) is 0. The van der Waals surface area contributed by atoms with Crippen LogP contribution in [0.2, 0.25) is 0 Å². The molecule has 1 fully saturated rings. The molecule has 0 aromatic rings. The third-order valence-electron chi connectivity index (χ3n) is 3.67. The minimum atomic E-state index is 0.379. The maximum atomic E-state index is 11.9. The number of hydrogen-bond acceptors (Lipinski definition) is 1. The van der Waals surface area contributed by atoms with Crippen LogP contribution in [0.15, 0.2) is 0 Å². The summed E-state index contributed by atoms with van der Waals surface area (Å²) in [6.45, 7) is 2.16. The van der Waals surface area contributed by atoms with E-state index in [1.165, 1.54) is 44.9 Å². The number of Topliss-reactive ketones (excluding diaryl/α,β-unsaturated/α-hetero) is 1. The molecule has 1 atom stereocenters. The van der Waals surface area contributed by atoms with Gasteiger partial charge in [0, 0.05) is 12.3 Å². The van der Waals surface area contributed by atoms with Crippen molar-refractivity contribution in [2.24, 2.45) is 5.92 Å². The predicted molar refractivity (Wildman–Crippen MR) is 65.0 cm³/mol. The van der Waals surface area contributed by atoms with Gasteiger partial charge < -0.3 is 0 Å². The van der Waals surface area contributed by atoms with Crippen LogP contribution in [-0.2, 0) is 4.79 Å². The second-order valence-electron chi connectivity index (χ2n) is 4.94. The first-order valence-corrected chi connectivity index (χ1v) is 6.87. The summed E-state index contributed by atoms with van der Waals surface area (Å²) < 4.78 is 0. The Hall–Kier alpha value is -0.330. The largest absolute Gasteiger partial charge is 0.299 e. The number of rotatable bonds is 1. The molecule has 0 aliphatic heterocycles. The molecular weight excluding hydrogens is 184 g/mol. The maximum absolute atomic E-state index is 11.9. The molecule has 0 heterocycles. The summed E-state index contributed by atoms with van der Waals surface area (Å²) in [4.78, 5) is 11.9. The second-order valence-corrected chi connectivity index (χ2v) is 4.94. The minimum Gasteiger partial charge on any atom is -0.299 e. The maximum Gasteiger partial charge on any atom is 0.135 e. The van der Waals surface area contributed by atoms with Crippen LogP contribution in [0.1, 0.15) is 77.6 Å². The van der Waals surface area contributed by atoms with Crippen LogP contribution in [0.5, 0.6) is 0 Å². The first-order valence-electron chi connectivity index (χ1n) is 6.87. The summed E-state index contributed by atoms with van der Waals surface area (Å²) in [6, 6.07) is 0. The topological polar surface area (TPSA) is 17.1 Å². The molecule has 0 aromatic heterocycles. The molecule has 0 amide bonds. The van der Waals surface area contributed by atoms with Gasteiger partial charge in [-0.05, 0) is 19.3 Å². The Bertz CT molecular complexity index is 174. The highest BCUT2D eigenvalue weighted by Gasteiger charge is 2.15. The van der Waals surface area contributed by atoms with E-state index in [1.807, 2.05) is 0 Å². The van der Waals surface area contributed by atoms with Crippen LogP contribution in [0, 0.1) is 5.92 Å². The molecule has 1 nitrogen and oxygen atoms in total. The molecule has 0 bridgehead atoms. The second kappa shape index (κ2) is 7.90. The number of carbonyl (C=O) groups excluding carboxylic acids is 1. The molecule has 1 heteroatoms. The van der Waals surface area contributed by atoms with Crippen molar-refractivity contribution in [3.05, 3.63) is 0 Å². The van der Waals surface area contributed by atoms with Crippen molar-refractivity contribution in [2.75, 3.05) is 0 Å². The fourth-order valence-corrected chi connectivity index (χ4v) is 2.55. The fraction of sp³-hybridized carbons (Fsp3) is 0.929. The van der Waals surface area contributed by atoms with E-state index in [1.54, 1.807) is 0 Å². The zero-order chi connectivity index (χ0) is 10.9. The summed E-state index contributed by atoms with van der Waals surface area (Å²) in [5.41, 5.74) is 0. The number of ketones is 1. The van der Waals surface area contributed by atoms with Gasteiger partial charge in [0.05, 0.1) is 0 Å². The molecule has 15 heavy (non-hydrogen) atoms. The Morgan fingerprint density at radius 2 is 1.47 bits per heavy atom. The van der Waals surface area contributed by atoms with Gasteiger partial charge in [-0.15, -0.1) is 0 Å². The lowest BCUT2D eigenvalue weighted by molar-refractivity contribution is -0.123. The van der Waals surface area contributed by atoms with Gasteiger partial charge in [0.25, 0.3) is 0 Å². The molecule has 88 valence electrons. The molecule has 0 spiro atoms. The molecule has 0 aromatic carbocycles. The van der Waals surface area contributed by atoms with Crippen LogP contribution in [0.3, 0.4) is 0 Å². The Morgan fingerprint density at radius 3 is 2.07 bits per heavy atom. The standard InChI is InChI=1S/C14H26O/c1-2-13-11-9-7-5-3-4-6-8-10-12-14(13)15/h13H,2-12H2,1H3. The lowest BCUT2D eigenvalue weighted by Gasteiger charge is -2.14. The van der Waals surface area contributed by atoms with E-state index >= 15 is 0 Å². The van der Waals surface area contributed by atoms with E-state index in [2.05, 4.69) is 6.92 Å². The quantitative estimate of drug-likeness (QED) is 0.623. The fourth-order valence-electron chi connectivity index (χ4n) is 2.55. The van der Waals surface area contributed by atoms with Crippen molar-refractivity contribution in [3.8, 4) is 0 Å². The zero-order valence-electron chi connectivity index (χ0n) is 10.3. The Kier molecular flexibility index (Phi) is 6.71. The highest BCUT2D eigenvalue weighted by molar-refractivity contribution is 5.80. The summed E-state index contributed by atoms with van der Waals surface area (Å²) in [5.74, 6) is 0.919. The third kappa shape index (κ3) is 5.34. The number of carbonyl (C=O) groups is 1. The van der Waals surface area contributed by atoms with Gasteiger partial charge in [-0.3, -0.25) is 4.79 Å². The summed E-state index contributed by atoms with van der Waals surface area (Å²) in [6.07, 6.45) is 13.6. The summed E-state index contributed by atoms with van der Waals surface area (Å²) in [5, 5.41) is 0. The molecule has 1 aliphatic rings. The number of hydrogen-bond donors (Lipinski definition) is 0. The SMILES string of the molecule is CCC1CCCCCCCCCCC1=O. The molecule has 0 radical (unpaired) electrons. The normalized spacial score (nSPS) is 26.7. The Morgan fingerprint density at radius 1 is 0.933 bits per heavy atom. The van der Waals surface area contributed by atoms with Crippen LogP contribution < -0.4 is 0 Å². The van der Waals surface area contributed by atoms with Gasteiger partial charge in [-0.25, -0.2) is 0 Å². The molecule has 1 rings (SSSR count). The zero-order valence-corrected chi connectivity index (χ0v) is 10.3. The van der Waals surface area contributed by atoms with Crippen molar-refractivity contribution in [2.45, 2.75) is 77.6 Å². The van der Waals surface area contributed by atoms with Crippen molar-refractivity contribution in [3.63, 3.8) is 0 Å². The van der Waals surface area contributed by atoms with Gasteiger partial charge in [0.15, 0.2) is 0 Å². The van der Waals surface area contributed by atoms with Crippen molar-refractivity contribution < 1.29 is 4.79 Å². The van der Waals surface area contributed by atoms with E-state index in [0.717, 1.165) is 25.7 Å².